The molecule has 0 aromatic carbocycles. The van der Waals surface area contributed by atoms with Crippen LogP contribution in [0.3, 0.4) is 0 Å². The van der Waals surface area contributed by atoms with Crippen molar-refractivity contribution >= 4 is 5.91 Å². The summed E-state index contributed by atoms with van der Waals surface area (Å²) in [5.41, 5.74) is -0.545. The van der Waals surface area contributed by atoms with Crippen molar-refractivity contribution in [2.75, 3.05) is 33.9 Å². The van der Waals surface area contributed by atoms with Gasteiger partial charge in [-0.25, -0.2) is 0 Å². The highest BCUT2D eigenvalue weighted by atomic mass is 16.5. The molecule has 0 saturated carbocycles. The normalized spacial score (nSPS) is 11.2. The lowest BCUT2D eigenvalue weighted by Gasteiger charge is -2.30. The zero-order valence-electron chi connectivity index (χ0n) is 10.2. The first kappa shape index (κ1) is 14.1. The quantitative estimate of drug-likeness (QED) is 0.633. The van der Waals surface area contributed by atoms with E-state index in [1.807, 2.05) is 13.8 Å². The van der Waals surface area contributed by atoms with Gasteiger partial charge in [0.25, 0.3) is 0 Å². The lowest BCUT2D eigenvalue weighted by Crippen LogP contribution is -2.53. The molecule has 1 N–H and O–H groups in total. The first-order valence-electron chi connectivity index (χ1n) is 5.07. The van der Waals surface area contributed by atoms with E-state index < -0.39 is 5.54 Å². The summed E-state index contributed by atoms with van der Waals surface area (Å²) >= 11 is 0. The molecule has 0 rings (SSSR count). The third-order valence-corrected chi connectivity index (χ3v) is 2.36. The van der Waals surface area contributed by atoms with Gasteiger partial charge in [0.1, 0.15) is 0 Å². The second-order valence-electron chi connectivity index (χ2n) is 3.91. The fourth-order valence-electron chi connectivity index (χ4n) is 1.14. The summed E-state index contributed by atoms with van der Waals surface area (Å²) in [6, 6.07) is 0. The summed E-state index contributed by atoms with van der Waals surface area (Å²) < 4.78 is 4.97. The number of ether oxygens (including phenoxy) is 1. The number of rotatable bonds is 7. The second-order valence-corrected chi connectivity index (χ2v) is 3.91. The molecule has 4 nitrogen and oxygen atoms in total. The van der Waals surface area contributed by atoms with Gasteiger partial charge in [0.05, 0.1) is 12.1 Å². The van der Waals surface area contributed by atoms with Crippen LogP contribution < -0.4 is 5.32 Å². The lowest BCUT2D eigenvalue weighted by atomic mass is 10.0. The summed E-state index contributed by atoms with van der Waals surface area (Å²) in [6.07, 6.45) is 1.72. The number of nitrogens with zero attached hydrogens (tertiary/aromatic N) is 1. The molecule has 0 bridgehead atoms. The van der Waals surface area contributed by atoms with Crippen LogP contribution in [0.2, 0.25) is 0 Å². The van der Waals surface area contributed by atoms with E-state index in [0.29, 0.717) is 19.7 Å². The molecule has 0 aliphatic carbocycles. The molecule has 0 fully saturated rings. The highest BCUT2D eigenvalue weighted by molar-refractivity contribution is 5.85. The SMILES string of the molecule is C=CCN(CCOC)C(=O)C(C)(C)NC. The Morgan fingerprint density at radius 3 is 2.60 bits per heavy atom. The summed E-state index contributed by atoms with van der Waals surface area (Å²) in [7, 11) is 3.40. The maximum atomic E-state index is 12.1. The summed E-state index contributed by atoms with van der Waals surface area (Å²) in [6.45, 7) is 9.04. The van der Waals surface area contributed by atoms with Gasteiger partial charge in [0, 0.05) is 20.2 Å². The van der Waals surface area contributed by atoms with Crippen molar-refractivity contribution in [3.8, 4) is 0 Å². The second kappa shape index (κ2) is 6.58. The number of likely N-dealkylation sites (N-methyl/N-ethyl adjacent to an activating group) is 1. The van der Waals surface area contributed by atoms with Gasteiger partial charge in [-0.2, -0.15) is 0 Å². The van der Waals surface area contributed by atoms with Crippen molar-refractivity contribution < 1.29 is 9.53 Å². The van der Waals surface area contributed by atoms with Crippen LogP contribution in [0.4, 0.5) is 0 Å². The minimum absolute atomic E-state index is 0.0574. The molecular formula is C11H22N2O2. The highest BCUT2D eigenvalue weighted by Crippen LogP contribution is 2.07. The van der Waals surface area contributed by atoms with Crippen LogP contribution in [0.1, 0.15) is 13.8 Å². The maximum Gasteiger partial charge on any atom is 0.242 e. The van der Waals surface area contributed by atoms with Crippen LogP contribution in [0.15, 0.2) is 12.7 Å². The smallest absolute Gasteiger partial charge is 0.242 e. The van der Waals surface area contributed by atoms with Crippen LogP contribution in [0, 0.1) is 0 Å². The minimum Gasteiger partial charge on any atom is -0.383 e. The predicted molar refractivity (Wildman–Crippen MR) is 61.8 cm³/mol. The molecule has 0 aromatic rings. The number of nitrogens with one attached hydrogen (secondary N) is 1. The largest absolute Gasteiger partial charge is 0.383 e. The van der Waals surface area contributed by atoms with E-state index in [-0.39, 0.29) is 5.91 Å². The van der Waals surface area contributed by atoms with E-state index in [9.17, 15) is 4.79 Å². The average molecular weight is 214 g/mol. The molecule has 4 heteroatoms. The van der Waals surface area contributed by atoms with E-state index in [0.717, 1.165) is 0 Å². The van der Waals surface area contributed by atoms with E-state index in [1.54, 1.807) is 25.1 Å². The maximum absolute atomic E-state index is 12.1. The Balaban J connectivity index is 4.46. The van der Waals surface area contributed by atoms with Crippen molar-refractivity contribution in [2.24, 2.45) is 0 Å². The molecular weight excluding hydrogens is 192 g/mol. The highest BCUT2D eigenvalue weighted by Gasteiger charge is 2.29. The zero-order valence-corrected chi connectivity index (χ0v) is 10.2. The van der Waals surface area contributed by atoms with Gasteiger partial charge in [-0.3, -0.25) is 4.79 Å². The number of hydrogen-bond donors (Lipinski definition) is 1. The Labute approximate surface area is 92.3 Å². The monoisotopic (exact) mass is 214 g/mol. The fourth-order valence-corrected chi connectivity index (χ4v) is 1.14. The number of carbonyl (C=O) groups excluding carboxylic acids is 1. The lowest BCUT2D eigenvalue weighted by molar-refractivity contribution is -0.137. The van der Waals surface area contributed by atoms with Gasteiger partial charge in [0.15, 0.2) is 0 Å². The molecule has 0 radical (unpaired) electrons. The Hall–Kier alpha value is -0.870. The van der Waals surface area contributed by atoms with E-state index in [2.05, 4.69) is 11.9 Å². The molecule has 0 spiro atoms. The first-order valence-corrected chi connectivity index (χ1v) is 5.07. The number of methoxy groups -OCH3 is 1. The van der Waals surface area contributed by atoms with Crippen molar-refractivity contribution in [3.05, 3.63) is 12.7 Å². The molecule has 0 aliphatic heterocycles. The predicted octanol–water partition coefficient (Wildman–Crippen LogP) is 0.645. The van der Waals surface area contributed by atoms with Gasteiger partial charge < -0.3 is 15.0 Å². The van der Waals surface area contributed by atoms with Crippen LogP contribution >= 0.6 is 0 Å². The van der Waals surface area contributed by atoms with E-state index in [4.69, 9.17) is 4.74 Å². The van der Waals surface area contributed by atoms with E-state index in [1.165, 1.54) is 0 Å². The van der Waals surface area contributed by atoms with Crippen molar-refractivity contribution in [2.45, 2.75) is 19.4 Å². The molecule has 0 heterocycles. The Morgan fingerprint density at radius 1 is 1.60 bits per heavy atom. The standard InChI is InChI=1S/C11H22N2O2/c1-6-7-13(8-9-15-5)10(14)11(2,3)12-4/h6,12H,1,7-9H2,2-5H3. The third kappa shape index (κ3) is 4.44. The van der Waals surface area contributed by atoms with E-state index >= 15 is 0 Å². The molecule has 0 aromatic heterocycles. The van der Waals surface area contributed by atoms with Crippen molar-refractivity contribution in [1.29, 1.82) is 0 Å². The number of carbonyl (C=O) groups is 1. The molecule has 1 amide bonds. The molecule has 0 atom stereocenters. The van der Waals surface area contributed by atoms with Crippen molar-refractivity contribution in [3.63, 3.8) is 0 Å². The summed E-state index contributed by atoms with van der Waals surface area (Å²) in [5, 5.41) is 2.99. The molecule has 88 valence electrons. The summed E-state index contributed by atoms with van der Waals surface area (Å²) in [4.78, 5) is 13.8. The minimum atomic E-state index is -0.545. The van der Waals surface area contributed by atoms with Crippen molar-refractivity contribution in [1.82, 2.24) is 10.2 Å². The van der Waals surface area contributed by atoms with Crippen LogP contribution in [0.5, 0.6) is 0 Å². The molecule has 15 heavy (non-hydrogen) atoms. The average Bonchev–Trinajstić information content (AvgIpc) is 2.23. The zero-order chi connectivity index (χ0) is 11.9. The van der Waals surface area contributed by atoms with Gasteiger partial charge in [-0.1, -0.05) is 6.08 Å². The Bertz CT molecular complexity index is 215. The summed E-state index contributed by atoms with van der Waals surface area (Å²) in [5.74, 6) is 0.0574. The van der Waals surface area contributed by atoms with Gasteiger partial charge in [0.2, 0.25) is 5.91 Å². The van der Waals surface area contributed by atoms with Gasteiger partial charge >= 0.3 is 0 Å². The first-order chi connectivity index (χ1) is 6.99. The number of amides is 1. The van der Waals surface area contributed by atoms with Crippen LogP contribution in [0.25, 0.3) is 0 Å². The number of hydrogen-bond acceptors (Lipinski definition) is 3. The van der Waals surface area contributed by atoms with Gasteiger partial charge in [-0.05, 0) is 20.9 Å². The van der Waals surface area contributed by atoms with Crippen LogP contribution in [-0.2, 0) is 9.53 Å². The molecule has 0 aliphatic rings. The third-order valence-electron chi connectivity index (χ3n) is 2.36. The topological polar surface area (TPSA) is 41.6 Å². The fraction of sp³-hybridized carbons (Fsp3) is 0.727. The van der Waals surface area contributed by atoms with Crippen LogP contribution in [-0.4, -0.2) is 50.2 Å². The Morgan fingerprint density at radius 2 is 2.20 bits per heavy atom. The molecule has 0 saturated heterocycles. The Kier molecular flexibility index (Phi) is 6.20. The van der Waals surface area contributed by atoms with Gasteiger partial charge in [-0.15, -0.1) is 6.58 Å². The molecule has 0 unspecified atom stereocenters.